The van der Waals surface area contributed by atoms with E-state index in [-0.39, 0.29) is 35.8 Å². The second-order valence-electron chi connectivity index (χ2n) is 8.31. The number of thiophene rings is 1. The Hall–Kier alpha value is -2.26. The van der Waals surface area contributed by atoms with Crippen molar-refractivity contribution in [3.63, 3.8) is 0 Å². The summed E-state index contributed by atoms with van der Waals surface area (Å²) in [6.45, 7) is 3.05. The SMILES string of the molecule is CC(c1ccsc1)C(Cc1cccc(C(F)(F)F)c1Cl)NCCCOc1cccc(CC(=O)O)c1.Cl. The van der Waals surface area contributed by atoms with Crippen molar-refractivity contribution in [3.05, 3.63) is 86.6 Å². The van der Waals surface area contributed by atoms with Crippen molar-refractivity contribution in [1.29, 1.82) is 0 Å². The molecule has 0 fully saturated rings. The number of hydrogen-bond donors (Lipinski definition) is 2. The van der Waals surface area contributed by atoms with Crippen LogP contribution in [0.25, 0.3) is 0 Å². The molecule has 0 saturated heterocycles. The van der Waals surface area contributed by atoms with Crippen LogP contribution in [0.2, 0.25) is 5.02 Å². The summed E-state index contributed by atoms with van der Waals surface area (Å²) < 4.78 is 45.7. The van der Waals surface area contributed by atoms with E-state index in [1.807, 2.05) is 23.8 Å². The highest BCUT2D eigenvalue weighted by atomic mass is 35.5. The lowest BCUT2D eigenvalue weighted by Gasteiger charge is -2.26. The molecule has 0 radical (unpaired) electrons. The number of halogens is 5. The zero-order chi connectivity index (χ0) is 25.4. The molecule has 1 heterocycles. The van der Waals surface area contributed by atoms with Gasteiger partial charge in [0.05, 0.1) is 23.6 Å². The van der Waals surface area contributed by atoms with Gasteiger partial charge in [0.1, 0.15) is 5.75 Å². The van der Waals surface area contributed by atoms with Gasteiger partial charge in [-0.2, -0.15) is 24.5 Å². The molecule has 0 spiro atoms. The summed E-state index contributed by atoms with van der Waals surface area (Å²) >= 11 is 7.74. The van der Waals surface area contributed by atoms with Crippen molar-refractivity contribution in [2.24, 2.45) is 0 Å². The topological polar surface area (TPSA) is 58.6 Å². The highest BCUT2D eigenvalue weighted by Crippen LogP contribution is 2.37. The predicted octanol–water partition coefficient (Wildman–Crippen LogP) is 7.24. The zero-order valence-corrected chi connectivity index (χ0v) is 21.9. The predicted molar refractivity (Wildman–Crippen MR) is 140 cm³/mol. The van der Waals surface area contributed by atoms with Gasteiger partial charge in [0.25, 0.3) is 0 Å². The molecule has 196 valence electrons. The van der Waals surface area contributed by atoms with Gasteiger partial charge in [-0.3, -0.25) is 4.79 Å². The summed E-state index contributed by atoms with van der Waals surface area (Å²) in [5, 5.41) is 16.2. The van der Waals surface area contributed by atoms with Gasteiger partial charge in [-0.15, -0.1) is 12.4 Å². The van der Waals surface area contributed by atoms with E-state index < -0.39 is 17.7 Å². The van der Waals surface area contributed by atoms with Crippen molar-refractivity contribution < 1.29 is 27.8 Å². The highest BCUT2D eigenvalue weighted by Gasteiger charge is 2.34. The molecule has 2 atom stereocenters. The third kappa shape index (κ3) is 8.69. The first kappa shape index (κ1) is 30.0. The molecule has 0 bridgehead atoms. The summed E-state index contributed by atoms with van der Waals surface area (Å²) in [6.07, 6.45) is -3.57. The number of nitrogens with one attached hydrogen (secondary N) is 1. The smallest absolute Gasteiger partial charge is 0.417 e. The van der Waals surface area contributed by atoms with Crippen LogP contribution in [-0.2, 0) is 23.8 Å². The maximum absolute atomic E-state index is 13.3. The van der Waals surface area contributed by atoms with Gasteiger partial charge in [0, 0.05) is 6.04 Å². The van der Waals surface area contributed by atoms with Crippen LogP contribution in [0.4, 0.5) is 13.2 Å². The number of carboxylic acids is 1. The molecule has 0 aliphatic carbocycles. The number of alkyl halides is 3. The second kappa shape index (κ2) is 13.9. The molecule has 2 unspecified atom stereocenters. The Balaban J connectivity index is 0.00000456. The lowest BCUT2D eigenvalue weighted by Crippen LogP contribution is -2.37. The normalized spacial score (nSPS) is 13.0. The maximum atomic E-state index is 13.3. The van der Waals surface area contributed by atoms with Gasteiger partial charge in [-0.25, -0.2) is 0 Å². The Morgan fingerprint density at radius 3 is 2.61 bits per heavy atom. The molecule has 0 aliphatic rings. The van der Waals surface area contributed by atoms with Gasteiger partial charge in [-0.05, 0) is 77.0 Å². The molecular formula is C26H28Cl2F3NO3S. The van der Waals surface area contributed by atoms with E-state index in [0.717, 1.165) is 11.6 Å². The van der Waals surface area contributed by atoms with E-state index in [9.17, 15) is 18.0 Å². The van der Waals surface area contributed by atoms with E-state index >= 15 is 0 Å². The van der Waals surface area contributed by atoms with E-state index in [1.165, 1.54) is 6.07 Å². The van der Waals surface area contributed by atoms with Crippen LogP contribution < -0.4 is 10.1 Å². The molecule has 3 rings (SSSR count). The van der Waals surface area contributed by atoms with Crippen molar-refractivity contribution >= 4 is 41.3 Å². The van der Waals surface area contributed by atoms with E-state index in [0.29, 0.717) is 42.9 Å². The number of hydrogen-bond acceptors (Lipinski definition) is 4. The summed E-state index contributed by atoms with van der Waals surface area (Å²) in [6, 6.07) is 12.9. The van der Waals surface area contributed by atoms with Crippen molar-refractivity contribution in [1.82, 2.24) is 5.32 Å². The van der Waals surface area contributed by atoms with Crippen molar-refractivity contribution in [2.45, 2.75) is 44.3 Å². The lowest BCUT2D eigenvalue weighted by molar-refractivity contribution is -0.138. The van der Waals surface area contributed by atoms with E-state index in [1.54, 1.807) is 41.7 Å². The van der Waals surface area contributed by atoms with Crippen LogP contribution in [-0.4, -0.2) is 30.3 Å². The van der Waals surface area contributed by atoms with Gasteiger partial charge in [0.15, 0.2) is 0 Å². The lowest BCUT2D eigenvalue weighted by atomic mass is 9.90. The average molecular weight is 562 g/mol. The molecule has 10 heteroatoms. The quantitative estimate of drug-likeness (QED) is 0.229. The minimum atomic E-state index is -4.51. The minimum Gasteiger partial charge on any atom is -0.494 e. The number of carbonyl (C=O) groups is 1. The summed E-state index contributed by atoms with van der Waals surface area (Å²) in [5.41, 5.74) is 1.41. The summed E-state index contributed by atoms with van der Waals surface area (Å²) in [5.74, 6) is -0.249. The first-order valence-electron chi connectivity index (χ1n) is 11.2. The fourth-order valence-corrected chi connectivity index (χ4v) is 4.93. The largest absolute Gasteiger partial charge is 0.494 e. The Bertz CT molecular complexity index is 1110. The summed E-state index contributed by atoms with van der Waals surface area (Å²) in [7, 11) is 0. The number of aliphatic carboxylic acids is 1. The van der Waals surface area contributed by atoms with Crippen LogP contribution in [0.1, 0.15) is 41.5 Å². The van der Waals surface area contributed by atoms with Crippen LogP contribution in [0.5, 0.6) is 5.75 Å². The second-order valence-corrected chi connectivity index (χ2v) is 9.46. The van der Waals surface area contributed by atoms with Gasteiger partial charge < -0.3 is 15.2 Å². The average Bonchev–Trinajstić information content (AvgIpc) is 3.33. The van der Waals surface area contributed by atoms with E-state index in [4.69, 9.17) is 21.4 Å². The van der Waals surface area contributed by atoms with Crippen LogP contribution in [0, 0.1) is 0 Å². The molecule has 0 saturated carbocycles. The maximum Gasteiger partial charge on any atom is 0.417 e. The number of benzene rings is 2. The van der Waals surface area contributed by atoms with Crippen molar-refractivity contribution in [3.8, 4) is 5.75 Å². The summed E-state index contributed by atoms with van der Waals surface area (Å²) in [4.78, 5) is 10.9. The van der Waals surface area contributed by atoms with Gasteiger partial charge in [-0.1, -0.05) is 42.8 Å². The standard InChI is InChI=1S/C26H27ClF3NO3S.ClH/c1-17(20-9-12-35-16-20)23(15-19-6-3-8-22(25(19)27)26(28,29)30)31-10-4-11-34-21-7-2-5-18(13-21)14-24(32)33;/h2-3,5-9,12-13,16-17,23,31H,4,10-11,14-15H2,1H3,(H,32,33);1H. The molecule has 1 aromatic heterocycles. The number of ether oxygens (including phenoxy) is 1. The van der Waals surface area contributed by atoms with Crippen LogP contribution in [0.15, 0.2) is 59.3 Å². The Morgan fingerprint density at radius 2 is 1.94 bits per heavy atom. The highest BCUT2D eigenvalue weighted by molar-refractivity contribution is 7.08. The number of rotatable bonds is 12. The fourth-order valence-electron chi connectivity index (χ4n) is 3.85. The number of carboxylic acid groups (broad SMARTS) is 1. The van der Waals surface area contributed by atoms with Gasteiger partial charge >= 0.3 is 12.1 Å². The minimum absolute atomic E-state index is 0. The fraction of sp³-hybridized carbons (Fsp3) is 0.346. The monoisotopic (exact) mass is 561 g/mol. The molecule has 36 heavy (non-hydrogen) atoms. The molecule has 0 amide bonds. The molecule has 0 aliphatic heterocycles. The molecule has 3 aromatic rings. The Kier molecular flexibility index (Phi) is 11.6. The third-order valence-corrected chi connectivity index (χ3v) is 6.89. The van der Waals surface area contributed by atoms with Crippen LogP contribution >= 0.6 is 35.3 Å². The van der Waals surface area contributed by atoms with Gasteiger partial charge in [0.2, 0.25) is 0 Å². The zero-order valence-electron chi connectivity index (χ0n) is 19.6. The molecule has 2 N–H and O–H groups in total. The first-order chi connectivity index (χ1) is 16.6. The van der Waals surface area contributed by atoms with Crippen LogP contribution in [0.3, 0.4) is 0 Å². The van der Waals surface area contributed by atoms with Crippen molar-refractivity contribution in [2.75, 3.05) is 13.2 Å². The Labute approximate surface area is 223 Å². The molecule has 4 nitrogen and oxygen atoms in total. The first-order valence-corrected chi connectivity index (χ1v) is 12.5. The third-order valence-electron chi connectivity index (χ3n) is 5.75. The Morgan fingerprint density at radius 1 is 1.19 bits per heavy atom. The molecule has 2 aromatic carbocycles. The van der Waals surface area contributed by atoms with E-state index in [2.05, 4.69) is 5.32 Å². The molecular weight excluding hydrogens is 534 g/mol.